The number of fused-ring (bicyclic) bond motifs is 3. The fraction of sp³-hybridized carbons (Fsp3) is 0.375. The Bertz CT molecular complexity index is 996. The predicted molar refractivity (Wildman–Crippen MR) is 116 cm³/mol. The predicted octanol–water partition coefficient (Wildman–Crippen LogP) is 4.04. The lowest BCUT2D eigenvalue weighted by Gasteiger charge is -2.49. The van der Waals surface area contributed by atoms with E-state index in [-0.39, 0.29) is 11.3 Å². The van der Waals surface area contributed by atoms with E-state index in [1.807, 2.05) is 24.3 Å². The Kier molecular flexibility index (Phi) is 4.56. The molecule has 0 saturated carbocycles. The molecule has 1 saturated heterocycles. The summed E-state index contributed by atoms with van der Waals surface area (Å²) in [5.41, 5.74) is 3.60. The van der Waals surface area contributed by atoms with Crippen molar-refractivity contribution in [1.29, 1.82) is 0 Å². The summed E-state index contributed by atoms with van der Waals surface area (Å²) in [4.78, 5) is 14.9. The number of aryl methyl sites for hydroxylation is 1. The molecule has 0 radical (unpaired) electrons. The molecule has 1 amide bonds. The van der Waals surface area contributed by atoms with Crippen LogP contribution in [0.1, 0.15) is 37.0 Å². The van der Waals surface area contributed by atoms with Gasteiger partial charge in [0.25, 0.3) is 0 Å². The van der Waals surface area contributed by atoms with Crippen LogP contribution in [-0.2, 0) is 10.2 Å². The monoisotopic (exact) mass is 392 g/mol. The second-order valence-corrected chi connectivity index (χ2v) is 8.28. The Morgan fingerprint density at radius 3 is 2.66 bits per heavy atom. The fourth-order valence-electron chi connectivity index (χ4n) is 4.72. The van der Waals surface area contributed by atoms with E-state index in [1.165, 1.54) is 16.8 Å². The maximum absolute atomic E-state index is 12.5. The molecule has 5 nitrogen and oxygen atoms in total. The number of hydrogen-bond acceptors (Lipinski definition) is 4. The lowest BCUT2D eigenvalue weighted by Crippen LogP contribution is -2.68. The van der Waals surface area contributed by atoms with Crippen LogP contribution in [0.25, 0.3) is 6.08 Å². The number of methoxy groups -OCH3 is 2. The zero-order valence-electron chi connectivity index (χ0n) is 17.7. The molecule has 2 aromatic carbocycles. The minimum Gasteiger partial charge on any atom is -0.493 e. The first-order chi connectivity index (χ1) is 13.8. The van der Waals surface area contributed by atoms with Crippen LogP contribution in [0.15, 0.2) is 42.5 Å². The van der Waals surface area contributed by atoms with Crippen molar-refractivity contribution < 1.29 is 14.3 Å². The second-order valence-electron chi connectivity index (χ2n) is 8.28. The summed E-state index contributed by atoms with van der Waals surface area (Å²) < 4.78 is 11.0. The Balaban J connectivity index is 1.86. The molecule has 2 heterocycles. The smallest absolute Gasteiger partial charge is 0.223 e. The van der Waals surface area contributed by atoms with Gasteiger partial charge in [0.15, 0.2) is 11.5 Å². The van der Waals surface area contributed by atoms with Crippen LogP contribution < -0.4 is 19.7 Å². The zero-order chi connectivity index (χ0) is 20.8. The number of anilines is 1. The normalized spacial score (nSPS) is 22.2. The summed E-state index contributed by atoms with van der Waals surface area (Å²) in [5.74, 6) is 1.43. The van der Waals surface area contributed by atoms with E-state index in [0.717, 1.165) is 5.56 Å². The Hall–Kier alpha value is -2.95. The first-order valence-electron chi connectivity index (χ1n) is 9.94. The molecule has 1 fully saturated rings. The molecule has 0 bridgehead atoms. The van der Waals surface area contributed by atoms with Gasteiger partial charge in [-0.1, -0.05) is 49.8 Å². The molecule has 0 aliphatic carbocycles. The third kappa shape index (κ3) is 2.79. The van der Waals surface area contributed by atoms with Gasteiger partial charge in [0, 0.05) is 29.6 Å². The highest BCUT2D eigenvalue weighted by atomic mass is 16.5. The summed E-state index contributed by atoms with van der Waals surface area (Å²) in [6.45, 7) is 7.19. The van der Waals surface area contributed by atoms with Gasteiger partial charge in [-0.15, -0.1) is 0 Å². The number of carbonyl (C=O) groups excluding carboxylic acids is 1. The minimum atomic E-state index is -0.646. The van der Waals surface area contributed by atoms with Crippen molar-refractivity contribution in [1.82, 2.24) is 5.32 Å². The van der Waals surface area contributed by atoms with Gasteiger partial charge in [-0.2, -0.15) is 0 Å². The summed E-state index contributed by atoms with van der Waals surface area (Å²) >= 11 is 0. The van der Waals surface area contributed by atoms with Crippen molar-refractivity contribution in [2.24, 2.45) is 0 Å². The standard InChI is InChI=1S/C24H28N2O3/c1-16-9-10-19-18(15-16)23(2,3)24(25-21(27)12-14-26(19)24)13-11-17-7-6-8-20(28-4)22(17)29-5/h6-11,13,15H,12,14H2,1-5H3,(H,25,27)/b13-11+. The number of hydrogen-bond donors (Lipinski definition) is 1. The lowest BCUT2D eigenvalue weighted by atomic mass is 9.74. The molecule has 2 aliphatic heterocycles. The number of benzene rings is 2. The molecule has 1 atom stereocenters. The highest BCUT2D eigenvalue weighted by molar-refractivity contribution is 5.85. The molecule has 2 aromatic rings. The molecule has 0 spiro atoms. The largest absolute Gasteiger partial charge is 0.493 e. The van der Waals surface area contributed by atoms with Crippen molar-refractivity contribution in [3.8, 4) is 11.5 Å². The van der Waals surface area contributed by atoms with E-state index in [0.29, 0.717) is 24.5 Å². The average Bonchev–Trinajstić information content (AvgIpc) is 2.89. The van der Waals surface area contributed by atoms with E-state index in [4.69, 9.17) is 9.47 Å². The van der Waals surface area contributed by atoms with Gasteiger partial charge in [-0.25, -0.2) is 0 Å². The Morgan fingerprint density at radius 2 is 1.93 bits per heavy atom. The van der Waals surface area contributed by atoms with E-state index < -0.39 is 5.66 Å². The number of rotatable bonds is 4. The minimum absolute atomic E-state index is 0.0705. The summed E-state index contributed by atoms with van der Waals surface area (Å²) in [6, 6.07) is 12.3. The first-order valence-corrected chi connectivity index (χ1v) is 9.94. The maximum atomic E-state index is 12.5. The van der Waals surface area contributed by atoms with Gasteiger partial charge in [0.2, 0.25) is 5.91 Å². The average molecular weight is 392 g/mol. The van der Waals surface area contributed by atoms with Crippen molar-refractivity contribution in [2.45, 2.75) is 38.3 Å². The van der Waals surface area contributed by atoms with Gasteiger partial charge in [0.05, 0.1) is 14.2 Å². The number of para-hydroxylation sites is 1. The third-order valence-electron chi connectivity index (χ3n) is 6.32. The van der Waals surface area contributed by atoms with Gasteiger partial charge >= 0.3 is 0 Å². The molecule has 1 unspecified atom stereocenters. The zero-order valence-corrected chi connectivity index (χ0v) is 17.7. The molecule has 29 heavy (non-hydrogen) atoms. The van der Waals surface area contributed by atoms with Gasteiger partial charge in [-0.3, -0.25) is 4.79 Å². The van der Waals surface area contributed by atoms with Crippen LogP contribution in [0.4, 0.5) is 5.69 Å². The number of nitrogens with zero attached hydrogens (tertiary/aromatic N) is 1. The fourth-order valence-corrected chi connectivity index (χ4v) is 4.72. The molecule has 152 valence electrons. The second kappa shape index (κ2) is 6.83. The van der Waals surface area contributed by atoms with Crippen molar-refractivity contribution in [3.05, 3.63) is 59.2 Å². The Labute approximate surface area is 172 Å². The van der Waals surface area contributed by atoms with E-state index >= 15 is 0 Å². The van der Waals surface area contributed by atoms with Gasteiger partial charge < -0.3 is 19.7 Å². The summed E-state index contributed by atoms with van der Waals surface area (Å²) in [5, 5.41) is 3.31. The first kappa shape index (κ1) is 19.4. The highest BCUT2D eigenvalue weighted by Crippen LogP contribution is 2.52. The van der Waals surface area contributed by atoms with Crippen molar-refractivity contribution >= 4 is 17.7 Å². The van der Waals surface area contributed by atoms with E-state index in [2.05, 4.69) is 55.3 Å². The topological polar surface area (TPSA) is 50.8 Å². The van der Waals surface area contributed by atoms with E-state index in [9.17, 15) is 4.79 Å². The van der Waals surface area contributed by atoms with Crippen LogP contribution in [0.5, 0.6) is 11.5 Å². The van der Waals surface area contributed by atoms with Crippen LogP contribution in [0.3, 0.4) is 0 Å². The van der Waals surface area contributed by atoms with Crippen LogP contribution in [0, 0.1) is 6.92 Å². The van der Waals surface area contributed by atoms with Crippen molar-refractivity contribution in [2.75, 3.05) is 25.7 Å². The van der Waals surface area contributed by atoms with Crippen LogP contribution in [-0.4, -0.2) is 32.3 Å². The molecule has 5 heteroatoms. The molecule has 4 rings (SSSR count). The SMILES string of the molecule is COc1cccc(/C=C/C23NC(=O)CCN2c2ccc(C)cc2C3(C)C)c1OC. The quantitative estimate of drug-likeness (QED) is 0.853. The molecular weight excluding hydrogens is 364 g/mol. The van der Waals surface area contributed by atoms with Crippen molar-refractivity contribution in [3.63, 3.8) is 0 Å². The number of nitrogens with one attached hydrogen (secondary N) is 1. The van der Waals surface area contributed by atoms with Gasteiger partial charge in [0.1, 0.15) is 5.66 Å². The summed E-state index contributed by atoms with van der Waals surface area (Å²) in [6.07, 6.45) is 4.62. The number of amides is 1. The van der Waals surface area contributed by atoms with Crippen LogP contribution >= 0.6 is 0 Å². The lowest BCUT2D eigenvalue weighted by molar-refractivity contribution is -0.124. The van der Waals surface area contributed by atoms with Crippen LogP contribution in [0.2, 0.25) is 0 Å². The third-order valence-corrected chi connectivity index (χ3v) is 6.32. The van der Waals surface area contributed by atoms with E-state index in [1.54, 1.807) is 14.2 Å². The molecule has 1 N–H and O–H groups in total. The van der Waals surface area contributed by atoms with Gasteiger partial charge in [-0.05, 0) is 30.7 Å². The molecule has 2 aliphatic rings. The molecule has 0 aromatic heterocycles. The maximum Gasteiger partial charge on any atom is 0.223 e. The Morgan fingerprint density at radius 1 is 1.14 bits per heavy atom. The summed E-state index contributed by atoms with van der Waals surface area (Å²) in [7, 11) is 3.27. The number of carbonyl (C=O) groups is 1. The highest BCUT2D eigenvalue weighted by Gasteiger charge is 2.57. The molecular formula is C24H28N2O3. The number of ether oxygens (including phenoxy) is 2.